The summed E-state index contributed by atoms with van der Waals surface area (Å²) in [5.74, 6) is -1.24. The molecule has 1 heterocycles. The average molecular weight is 341 g/mol. The van der Waals surface area contributed by atoms with E-state index >= 15 is 0 Å². The van der Waals surface area contributed by atoms with E-state index in [-0.39, 0.29) is 6.42 Å². The van der Waals surface area contributed by atoms with Crippen LogP contribution in [0.15, 0.2) is 0 Å². The molecule has 0 aliphatic carbocycles. The molecule has 6 heteroatoms. The summed E-state index contributed by atoms with van der Waals surface area (Å²) in [6.45, 7) is 3.93. The van der Waals surface area contributed by atoms with E-state index in [4.69, 9.17) is 9.84 Å². The van der Waals surface area contributed by atoms with Crippen molar-refractivity contribution in [1.82, 2.24) is 5.32 Å². The van der Waals surface area contributed by atoms with E-state index in [1.807, 2.05) is 0 Å². The second-order valence-electron chi connectivity index (χ2n) is 4.33. The van der Waals surface area contributed by atoms with Gasteiger partial charge in [-0.25, -0.2) is 4.79 Å². The lowest BCUT2D eigenvalue weighted by molar-refractivity contribution is -0.164. The molecule has 0 bridgehead atoms. The average Bonchev–Trinajstić information content (AvgIpc) is 2.45. The number of aliphatic hydroxyl groups excluding tert-OH is 1. The van der Waals surface area contributed by atoms with E-state index in [9.17, 15) is 9.59 Å². The number of carbonyl (C=O) groups is 2. The van der Waals surface area contributed by atoms with Crippen molar-refractivity contribution in [2.75, 3.05) is 6.54 Å². The molecule has 1 rings (SSSR count). The highest BCUT2D eigenvalue weighted by molar-refractivity contribution is 14.1. The lowest BCUT2D eigenvalue weighted by Gasteiger charge is -2.21. The molecular formula is C10H16INO4. The first-order valence-electron chi connectivity index (χ1n) is 5.16. The van der Waals surface area contributed by atoms with Crippen LogP contribution in [-0.4, -0.2) is 39.2 Å². The Morgan fingerprint density at radius 2 is 2.31 bits per heavy atom. The van der Waals surface area contributed by atoms with Crippen LogP contribution in [-0.2, 0) is 14.3 Å². The van der Waals surface area contributed by atoms with Gasteiger partial charge in [0, 0.05) is 10.5 Å². The quantitative estimate of drug-likeness (QED) is 0.336. The van der Waals surface area contributed by atoms with Gasteiger partial charge in [-0.05, 0) is 20.3 Å². The molecule has 0 aromatic rings. The molecule has 0 radical (unpaired) electrons. The number of hydrogen-bond donors (Lipinski definition) is 2. The number of alkyl halides is 1. The van der Waals surface area contributed by atoms with Gasteiger partial charge >= 0.3 is 11.9 Å². The number of halogens is 1. The zero-order valence-electron chi connectivity index (χ0n) is 9.33. The number of carbonyl (C=O) groups excluding carboxylic acids is 2. The lowest BCUT2D eigenvalue weighted by Crippen LogP contribution is -2.46. The van der Waals surface area contributed by atoms with Crippen LogP contribution in [0.4, 0.5) is 0 Å². The van der Waals surface area contributed by atoms with Gasteiger partial charge in [-0.2, -0.15) is 0 Å². The number of esters is 2. The van der Waals surface area contributed by atoms with Gasteiger partial charge in [-0.3, -0.25) is 4.79 Å². The second kappa shape index (κ2) is 5.42. The van der Waals surface area contributed by atoms with Crippen LogP contribution in [0.1, 0.15) is 26.7 Å². The Morgan fingerprint density at radius 3 is 2.75 bits per heavy atom. The summed E-state index contributed by atoms with van der Waals surface area (Å²) in [5, 5.41) is 12.0. The number of aliphatic hydroxyl groups is 1. The fraction of sp³-hybridized carbons (Fsp3) is 0.800. The van der Waals surface area contributed by atoms with E-state index in [0.29, 0.717) is 10.3 Å². The molecule has 0 saturated carbocycles. The van der Waals surface area contributed by atoms with Crippen molar-refractivity contribution < 1.29 is 19.4 Å². The molecule has 1 aliphatic heterocycles. The maximum Gasteiger partial charge on any atom is 0.333 e. The fourth-order valence-electron chi connectivity index (χ4n) is 1.58. The summed E-state index contributed by atoms with van der Waals surface area (Å²) in [6.07, 6.45) is -0.300. The van der Waals surface area contributed by atoms with Crippen LogP contribution in [0.3, 0.4) is 0 Å². The maximum atomic E-state index is 11.7. The Labute approximate surface area is 108 Å². The minimum Gasteiger partial charge on any atom is -0.393 e. The van der Waals surface area contributed by atoms with Crippen molar-refractivity contribution in [2.24, 2.45) is 0 Å². The minimum absolute atomic E-state index is 0.157. The van der Waals surface area contributed by atoms with Crippen molar-refractivity contribution in [3.8, 4) is 0 Å². The van der Waals surface area contributed by atoms with Crippen molar-refractivity contribution in [3.05, 3.63) is 0 Å². The molecule has 5 nitrogen and oxygen atoms in total. The van der Waals surface area contributed by atoms with Gasteiger partial charge in [0.05, 0.1) is 12.5 Å². The minimum atomic E-state index is -0.790. The zero-order valence-corrected chi connectivity index (χ0v) is 11.5. The molecule has 1 saturated heterocycles. The summed E-state index contributed by atoms with van der Waals surface area (Å²) in [6, 6.07) is 0. The van der Waals surface area contributed by atoms with E-state index in [2.05, 4.69) is 27.9 Å². The van der Waals surface area contributed by atoms with Gasteiger partial charge in [0.25, 0.3) is 0 Å². The standard InChI is InChI=1S/C10H16INO4/c1-6(13)3-8(14)16-9(15)10(2)4-7(11)5-12-10/h6-7,12-13H,3-5H2,1-2H3/t6?,7?,10-/m0/s1. The van der Waals surface area contributed by atoms with Crippen LogP contribution in [0.25, 0.3) is 0 Å². The predicted molar refractivity (Wildman–Crippen MR) is 66.2 cm³/mol. The van der Waals surface area contributed by atoms with E-state index < -0.39 is 23.6 Å². The van der Waals surface area contributed by atoms with Crippen molar-refractivity contribution in [3.63, 3.8) is 0 Å². The van der Waals surface area contributed by atoms with Gasteiger partial charge in [-0.1, -0.05) is 22.6 Å². The molecular weight excluding hydrogens is 325 g/mol. The van der Waals surface area contributed by atoms with E-state index in [0.717, 1.165) is 6.54 Å². The molecule has 0 spiro atoms. The maximum absolute atomic E-state index is 11.7. The van der Waals surface area contributed by atoms with Crippen molar-refractivity contribution in [1.29, 1.82) is 0 Å². The topological polar surface area (TPSA) is 75.6 Å². The smallest absolute Gasteiger partial charge is 0.333 e. The van der Waals surface area contributed by atoms with Gasteiger partial charge in [0.15, 0.2) is 0 Å². The predicted octanol–water partition coefficient (Wildman–Crippen LogP) is 0.383. The summed E-state index contributed by atoms with van der Waals surface area (Å²) >= 11 is 2.25. The van der Waals surface area contributed by atoms with Crippen LogP contribution < -0.4 is 5.32 Å². The van der Waals surface area contributed by atoms with Crippen LogP contribution in [0.2, 0.25) is 0 Å². The van der Waals surface area contributed by atoms with Crippen LogP contribution >= 0.6 is 22.6 Å². The molecule has 92 valence electrons. The third kappa shape index (κ3) is 3.67. The van der Waals surface area contributed by atoms with Gasteiger partial charge < -0.3 is 15.2 Å². The number of rotatable bonds is 3. The second-order valence-corrected chi connectivity index (χ2v) is 6.09. The van der Waals surface area contributed by atoms with Gasteiger partial charge in [-0.15, -0.1) is 0 Å². The van der Waals surface area contributed by atoms with Gasteiger partial charge in [0.2, 0.25) is 0 Å². The first-order valence-corrected chi connectivity index (χ1v) is 6.40. The first kappa shape index (κ1) is 13.9. The summed E-state index contributed by atoms with van der Waals surface area (Å²) in [5.41, 5.74) is -0.778. The van der Waals surface area contributed by atoms with Crippen molar-refractivity contribution >= 4 is 34.5 Å². The molecule has 3 atom stereocenters. The monoisotopic (exact) mass is 341 g/mol. The third-order valence-corrected chi connectivity index (χ3v) is 3.34. The Bertz CT molecular complexity index is 295. The molecule has 2 unspecified atom stereocenters. The number of nitrogens with one attached hydrogen (secondary N) is 1. The molecule has 2 N–H and O–H groups in total. The Kier molecular flexibility index (Phi) is 4.69. The largest absolute Gasteiger partial charge is 0.393 e. The van der Waals surface area contributed by atoms with Crippen LogP contribution in [0, 0.1) is 0 Å². The lowest BCUT2D eigenvalue weighted by atomic mass is 10.0. The first-order chi connectivity index (χ1) is 7.33. The highest BCUT2D eigenvalue weighted by Crippen LogP contribution is 2.25. The molecule has 0 amide bonds. The highest BCUT2D eigenvalue weighted by Gasteiger charge is 2.42. The Morgan fingerprint density at radius 1 is 1.69 bits per heavy atom. The number of hydrogen-bond acceptors (Lipinski definition) is 5. The summed E-state index contributed by atoms with van der Waals surface area (Å²) in [7, 11) is 0. The van der Waals surface area contributed by atoms with E-state index in [1.165, 1.54) is 6.92 Å². The van der Waals surface area contributed by atoms with E-state index in [1.54, 1.807) is 6.92 Å². The molecule has 1 aliphatic rings. The molecule has 1 fully saturated rings. The number of ether oxygens (including phenoxy) is 1. The molecule has 0 aromatic carbocycles. The summed E-state index contributed by atoms with van der Waals surface area (Å²) in [4.78, 5) is 22.9. The Balaban J connectivity index is 2.49. The molecule has 16 heavy (non-hydrogen) atoms. The fourth-order valence-corrected chi connectivity index (χ4v) is 2.68. The van der Waals surface area contributed by atoms with Gasteiger partial charge in [0.1, 0.15) is 5.54 Å². The Hall–Kier alpha value is -0.210. The third-order valence-electron chi connectivity index (χ3n) is 2.46. The normalized spacial score (nSPS) is 31.1. The highest BCUT2D eigenvalue weighted by atomic mass is 127. The van der Waals surface area contributed by atoms with Crippen molar-refractivity contribution in [2.45, 2.75) is 42.3 Å². The summed E-state index contributed by atoms with van der Waals surface area (Å²) < 4.78 is 5.06. The van der Waals surface area contributed by atoms with Crippen LogP contribution in [0.5, 0.6) is 0 Å². The SMILES string of the molecule is CC(O)CC(=O)OC(=O)[C@]1(C)CC(I)CN1. The zero-order chi connectivity index (χ0) is 12.3. The molecule has 0 aromatic heterocycles.